The average Bonchev–Trinajstić information content (AvgIpc) is 2.54. The molecule has 1 aliphatic carbocycles. The van der Waals surface area contributed by atoms with Crippen molar-refractivity contribution in [3.8, 4) is 0 Å². The highest BCUT2D eigenvalue weighted by molar-refractivity contribution is 5.94. The molecule has 1 unspecified atom stereocenters. The molecule has 2 atom stereocenters. The van der Waals surface area contributed by atoms with Crippen molar-refractivity contribution in [2.24, 2.45) is 11.7 Å². The van der Waals surface area contributed by atoms with E-state index in [9.17, 15) is 23.1 Å². The van der Waals surface area contributed by atoms with Crippen molar-refractivity contribution >= 4 is 11.6 Å². The number of rotatable bonds is 5. The molecule has 0 bridgehead atoms. The van der Waals surface area contributed by atoms with Crippen LogP contribution in [-0.2, 0) is 11.0 Å². The quantitative estimate of drug-likeness (QED) is 0.767. The zero-order valence-corrected chi connectivity index (χ0v) is 13.4. The molecule has 0 radical (unpaired) electrons. The van der Waals surface area contributed by atoms with Crippen LogP contribution in [0.1, 0.15) is 44.1 Å². The average molecular weight is 344 g/mol. The molecule has 134 valence electrons. The van der Waals surface area contributed by atoms with Crippen molar-refractivity contribution in [2.45, 2.75) is 56.8 Å². The van der Waals surface area contributed by atoms with E-state index in [2.05, 4.69) is 5.32 Å². The van der Waals surface area contributed by atoms with Crippen LogP contribution in [0.25, 0.3) is 0 Å². The van der Waals surface area contributed by atoms with E-state index in [0.29, 0.717) is 12.3 Å². The third-order valence-electron chi connectivity index (χ3n) is 4.46. The molecule has 1 fully saturated rings. The number of anilines is 1. The minimum Gasteiger partial charge on any atom is -0.382 e. The second kappa shape index (κ2) is 7.98. The van der Waals surface area contributed by atoms with Crippen molar-refractivity contribution in [3.63, 3.8) is 0 Å². The molecule has 7 heteroatoms. The number of halogens is 3. The van der Waals surface area contributed by atoms with Gasteiger partial charge in [0.15, 0.2) is 0 Å². The zero-order chi connectivity index (χ0) is 17.7. The first-order valence-electron chi connectivity index (χ1n) is 8.19. The van der Waals surface area contributed by atoms with Gasteiger partial charge in [-0.05, 0) is 30.5 Å². The Labute approximate surface area is 139 Å². The van der Waals surface area contributed by atoms with Crippen LogP contribution in [-0.4, -0.2) is 23.2 Å². The predicted molar refractivity (Wildman–Crippen MR) is 85.2 cm³/mol. The van der Waals surface area contributed by atoms with Gasteiger partial charge in [0, 0.05) is 11.7 Å². The molecule has 4 N–H and O–H groups in total. The van der Waals surface area contributed by atoms with Gasteiger partial charge in [-0.1, -0.05) is 38.2 Å². The molecule has 0 heterocycles. The second-order valence-electron chi connectivity index (χ2n) is 6.42. The Balaban J connectivity index is 1.93. The van der Waals surface area contributed by atoms with Gasteiger partial charge < -0.3 is 16.2 Å². The first-order valence-corrected chi connectivity index (χ1v) is 8.19. The molecule has 1 aliphatic rings. The highest BCUT2D eigenvalue weighted by Gasteiger charge is 2.31. The maximum Gasteiger partial charge on any atom is 0.416 e. The maximum atomic E-state index is 12.7. The summed E-state index contributed by atoms with van der Waals surface area (Å²) in [4.78, 5) is 12.0. The summed E-state index contributed by atoms with van der Waals surface area (Å²) in [6, 6.07) is 3.57. The summed E-state index contributed by atoms with van der Waals surface area (Å²) < 4.78 is 38.0. The van der Waals surface area contributed by atoms with Gasteiger partial charge in [0.05, 0.1) is 5.56 Å². The Bertz CT molecular complexity index is 557. The van der Waals surface area contributed by atoms with Gasteiger partial charge in [0.1, 0.15) is 6.10 Å². The lowest BCUT2D eigenvalue weighted by Crippen LogP contribution is -2.44. The highest BCUT2D eigenvalue weighted by Crippen LogP contribution is 2.31. The molecular weight excluding hydrogens is 321 g/mol. The second-order valence-corrected chi connectivity index (χ2v) is 6.42. The third kappa shape index (κ3) is 5.21. The molecule has 24 heavy (non-hydrogen) atoms. The number of aliphatic hydroxyl groups is 1. The fraction of sp³-hybridized carbons (Fsp3) is 0.588. The molecule has 0 aromatic heterocycles. The minimum absolute atomic E-state index is 0.0151. The van der Waals surface area contributed by atoms with E-state index in [1.807, 2.05) is 0 Å². The van der Waals surface area contributed by atoms with E-state index in [0.717, 1.165) is 37.8 Å². The van der Waals surface area contributed by atoms with Gasteiger partial charge >= 0.3 is 6.18 Å². The molecule has 0 saturated heterocycles. The van der Waals surface area contributed by atoms with Crippen LogP contribution in [0.5, 0.6) is 0 Å². The fourth-order valence-corrected chi connectivity index (χ4v) is 3.12. The van der Waals surface area contributed by atoms with Crippen LogP contribution in [0, 0.1) is 5.92 Å². The summed E-state index contributed by atoms with van der Waals surface area (Å²) in [6.45, 7) is 0. The molecule has 1 aromatic carbocycles. The standard InChI is InChI=1S/C17H23F3N2O2/c18-17(19,20)12-7-4-8-13(10-12)22-16(24)15(23)14(21)9-11-5-2-1-3-6-11/h4,7-8,10-11,14-15,23H,1-3,5-6,9,21H2,(H,22,24)/t14-,15?/m1/s1. The summed E-state index contributed by atoms with van der Waals surface area (Å²) in [6.07, 6.45) is 0.138. The van der Waals surface area contributed by atoms with Gasteiger partial charge in [-0.25, -0.2) is 0 Å². The van der Waals surface area contributed by atoms with E-state index in [1.54, 1.807) is 0 Å². The topological polar surface area (TPSA) is 75.3 Å². The SMILES string of the molecule is N[C@H](CC1CCCCC1)C(O)C(=O)Nc1cccc(C(F)(F)F)c1. The normalized spacial score (nSPS) is 18.9. The zero-order valence-electron chi connectivity index (χ0n) is 13.4. The van der Waals surface area contributed by atoms with Crippen molar-refractivity contribution in [3.05, 3.63) is 29.8 Å². The summed E-state index contributed by atoms with van der Waals surface area (Å²) in [5.74, 6) is -0.387. The van der Waals surface area contributed by atoms with Crippen LogP contribution in [0.2, 0.25) is 0 Å². The Morgan fingerprint density at radius 1 is 1.29 bits per heavy atom. The number of nitrogens with one attached hydrogen (secondary N) is 1. The van der Waals surface area contributed by atoms with E-state index < -0.39 is 29.8 Å². The lowest BCUT2D eigenvalue weighted by Gasteiger charge is -2.26. The summed E-state index contributed by atoms with van der Waals surface area (Å²) in [5, 5.41) is 12.4. The van der Waals surface area contributed by atoms with Crippen LogP contribution >= 0.6 is 0 Å². The molecule has 0 spiro atoms. The van der Waals surface area contributed by atoms with Crippen LogP contribution in [0.4, 0.5) is 18.9 Å². The number of carbonyl (C=O) groups excluding carboxylic acids is 1. The van der Waals surface area contributed by atoms with Crippen molar-refractivity contribution in [1.29, 1.82) is 0 Å². The van der Waals surface area contributed by atoms with Gasteiger partial charge in [-0.3, -0.25) is 4.79 Å². The van der Waals surface area contributed by atoms with Crippen molar-refractivity contribution in [1.82, 2.24) is 0 Å². The summed E-state index contributed by atoms with van der Waals surface area (Å²) >= 11 is 0. The van der Waals surface area contributed by atoms with E-state index >= 15 is 0 Å². The third-order valence-corrected chi connectivity index (χ3v) is 4.46. The Morgan fingerprint density at radius 3 is 2.58 bits per heavy atom. The highest BCUT2D eigenvalue weighted by atomic mass is 19.4. The smallest absolute Gasteiger partial charge is 0.382 e. The molecule has 1 saturated carbocycles. The van der Waals surface area contributed by atoms with Gasteiger partial charge in [0.2, 0.25) is 0 Å². The minimum atomic E-state index is -4.49. The maximum absolute atomic E-state index is 12.7. The number of benzene rings is 1. The molecule has 2 rings (SSSR count). The number of hydrogen-bond donors (Lipinski definition) is 3. The first kappa shape index (κ1) is 18.7. The molecule has 1 aromatic rings. The first-order chi connectivity index (χ1) is 11.3. The number of nitrogens with two attached hydrogens (primary N) is 1. The molecule has 1 amide bonds. The van der Waals surface area contributed by atoms with Crippen molar-refractivity contribution in [2.75, 3.05) is 5.32 Å². The number of hydrogen-bond acceptors (Lipinski definition) is 3. The Hall–Kier alpha value is -1.60. The predicted octanol–water partition coefficient (Wildman–Crippen LogP) is 3.30. The lowest BCUT2D eigenvalue weighted by atomic mass is 9.84. The number of amides is 1. The number of carbonyl (C=O) groups is 1. The fourth-order valence-electron chi connectivity index (χ4n) is 3.12. The largest absolute Gasteiger partial charge is 0.416 e. The van der Waals surface area contributed by atoms with Gasteiger partial charge in [-0.2, -0.15) is 13.2 Å². The van der Waals surface area contributed by atoms with Gasteiger partial charge in [0.25, 0.3) is 5.91 Å². The molecular formula is C17H23F3N2O2. The Kier molecular flexibility index (Phi) is 6.23. The summed E-state index contributed by atoms with van der Waals surface area (Å²) in [7, 11) is 0. The van der Waals surface area contributed by atoms with Crippen LogP contribution < -0.4 is 11.1 Å². The molecule has 0 aliphatic heterocycles. The monoisotopic (exact) mass is 344 g/mol. The number of aliphatic hydroxyl groups excluding tert-OH is 1. The Morgan fingerprint density at radius 2 is 1.96 bits per heavy atom. The molecule has 4 nitrogen and oxygen atoms in total. The number of alkyl halides is 3. The lowest BCUT2D eigenvalue weighted by molar-refractivity contribution is -0.137. The van der Waals surface area contributed by atoms with E-state index in [-0.39, 0.29) is 5.69 Å². The van der Waals surface area contributed by atoms with Crippen molar-refractivity contribution < 1.29 is 23.1 Å². The van der Waals surface area contributed by atoms with Gasteiger partial charge in [-0.15, -0.1) is 0 Å². The summed E-state index contributed by atoms with van der Waals surface area (Å²) in [5.41, 5.74) is 5.04. The van der Waals surface area contributed by atoms with Crippen LogP contribution in [0.15, 0.2) is 24.3 Å². The van der Waals surface area contributed by atoms with E-state index in [1.165, 1.54) is 18.6 Å². The van der Waals surface area contributed by atoms with E-state index in [4.69, 9.17) is 5.73 Å². The van der Waals surface area contributed by atoms with Crippen LogP contribution in [0.3, 0.4) is 0 Å².